The van der Waals surface area contributed by atoms with Crippen LogP contribution in [0.1, 0.15) is 19.3 Å². The van der Waals surface area contributed by atoms with Crippen molar-refractivity contribution in [3.63, 3.8) is 0 Å². The molecule has 142 valence electrons. The number of hydrogen-bond acceptors (Lipinski definition) is 8. The average molecular weight is 380 g/mol. The minimum atomic E-state index is -1.37. The smallest absolute Gasteiger partial charge is 0.329 e. The van der Waals surface area contributed by atoms with Gasteiger partial charge in [0.05, 0.1) is 13.5 Å². The van der Waals surface area contributed by atoms with Crippen molar-refractivity contribution in [2.45, 2.75) is 36.6 Å². The van der Waals surface area contributed by atoms with Crippen LogP contribution >= 0.6 is 11.8 Å². The quantitative estimate of drug-likeness (QED) is 0.247. The maximum atomic E-state index is 11.8. The highest BCUT2D eigenvalue weighted by Gasteiger charge is 2.27. The lowest BCUT2D eigenvalue weighted by Gasteiger charge is -2.18. The lowest BCUT2D eigenvalue weighted by atomic mass is 10.1. The fourth-order valence-electron chi connectivity index (χ4n) is 1.58. The molecule has 0 aromatic carbocycles. The van der Waals surface area contributed by atoms with E-state index in [0.29, 0.717) is 11.8 Å². The number of aliphatic carboxylic acids is 3. The number of esters is 1. The van der Waals surface area contributed by atoms with E-state index in [-0.39, 0.29) is 18.6 Å². The molecule has 0 radical (unpaired) electrons. The molecule has 0 heterocycles. The molecule has 6 N–H and O–H groups in total. The molecule has 25 heavy (non-hydrogen) atoms. The third-order valence-corrected chi connectivity index (χ3v) is 4.22. The van der Waals surface area contributed by atoms with Crippen LogP contribution in [0.3, 0.4) is 0 Å². The van der Waals surface area contributed by atoms with Gasteiger partial charge in [-0.05, 0) is 6.42 Å². The average Bonchev–Trinajstić information content (AvgIpc) is 2.53. The third kappa shape index (κ3) is 9.52. The molecule has 12 heteroatoms. The molecule has 0 spiro atoms. The fraction of sp³-hybridized carbons (Fsp3) is 0.615. The van der Waals surface area contributed by atoms with E-state index >= 15 is 0 Å². The van der Waals surface area contributed by atoms with Crippen molar-refractivity contribution in [2.75, 3.05) is 12.9 Å². The molecular weight excluding hydrogens is 360 g/mol. The summed E-state index contributed by atoms with van der Waals surface area (Å²) in [4.78, 5) is 55.6. The summed E-state index contributed by atoms with van der Waals surface area (Å²) in [5, 5.41) is 27.2. The van der Waals surface area contributed by atoms with Crippen molar-refractivity contribution in [1.82, 2.24) is 5.32 Å². The number of ether oxygens (including phenoxy) is 1. The molecule has 0 aliphatic carbocycles. The molecule has 0 rings (SSSR count). The molecule has 0 fully saturated rings. The summed E-state index contributed by atoms with van der Waals surface area (Å²) in [5.74, 6) is -5.70. The predicted molar refractivity (Wildman–Crippen MR) is 84.9 cm³/mol. The molecule has 11 nitrogen and oxygen atoms in total. The van der Waals surface area contributed by atoms with Crippen molar-refractivity contribution >= 4 is 41.5 Å². The molecule has 1 amide bonds. The lowest BCUT2D eigenvalue weighted by Crippen LogP contribution is -2.44. The van der Waals surface area contributed by atoms with Crippen LogP contribution < -0.4 is 11.1 Å². The summed E-state index contributed by atoms with van der Waals surface area (Å²) in [5.41, 5.74) is 5.26. The number of carbonyl (C=O) groups is 5. The minimum Gasteiger partial charge on any atom is -0.481 e. The fourth-order valence-corrected chi connectivity index (χ4v) is 2.62. The van der Waals surface area contributed by atoms with Gasteiger partial charge in [-0.1, -0.05) is 0 Å². The zero-order chi connectivity index (χ0) is 19.6. The summed E-state index contributed by atoms with van der Waals surface area (Å²) in [6.07, 6.45) is -1.07. The largest absolute Gasteiger partial charge is 0.481 e. The molecule has 0 saturated heterocycles. The first-order chi connectivity index (χ1) is 11.6. The van der Waals surface area contributed by atoms with Gasteiger partial charge >= 0.3 is 23.9 Å². The molecule has 0 saturated carbocycles. The summed E-state index contributed by atoms with van der Waals surface area (Å²) in [7, 11) is 1.07. The van der Waals surface area contributed by atoms with Gasteiger partial charge in [0.15, 0.2) is 0 Å². The number of thioether (sulfide) groups is 1. The summed E-state index contributed by atoms with van der Waals surface area (Å²) >= 11 is 0.666. The van der Waals surface area contributed by atoms with Gasteiger partial charge in [-0.15, -0.1) is 11.8 Å². The maximum absolute atomic E-state index is 11.8. The number of amides is 1. The van der Waals surface area contributed by atoms with E-state index in [1.54, 1.807) is 0 Å². The van der Waals surface area contributed by atoms with Gasteiger partial charge in [-0.2, -0.15) is 0 Å². The SMILES string of the molecule is COC(=O)[C@H](CSC(CC(=O)O)C(=O)O)NC(=O)CC[C@H](N)C(=O)O. The Bertz CT molecular complexity index is 526. The van der Waals surface area contributed by atoms with Gasteiger partial charge < -0.3 is 31.1 Å². The Labute approximate surface area is 146 Å². The van der Waals surface area contributed by atoms with Gasteiger partial charge in [0.2, 0.25) is 5.91 Å². The van der Waals surface area contributed by atoms with Crippen LogP contribution in [0.2, 0.25) is 0 Å². The van der Waals surface area contributed by atoms with Crippen molar-refractivity contribution in [2.24, 2.45) is 5.73 Å². The Kier molecular flexibility index (Phi) is 10.2. The van der Waals surface area contributed by atoms with Crippen LogP contribution in [0, 0.1) is 0 Å². The third-order valence-electron chi connectivity index (χ3n) is 2.92. The number of nitrogens with one attached hydrogen (secondary N) is 1. The summed E-state index contributed by atoms with van der Waals surface area (Å²) in [6.45, 7) is 0. The highest BCUT2D eigenvalue weighted by molar-refractivity contribution is 8.00. The van der Waals surface area contributed by atoms with E-state index < -0.39 is 53.5 Å². The van der Waals surface area contributed by atoms with Crippen LogP contribution in [0.25, 0.3) is 0 Å². The standard InChI is InChI=1S/C13H20N2O9S/c1-24-13(23)7(5-25-8(12(21)22)4-10(17)18)15-9(16)3-2-6(14)11(19)20/h6-8H,2-5,14H2,1H3,(H,15,16)(H,17,18)(H,19,20)(H,21,22)/t6-,7-,8?/m0/s1. The molecule has 0 aliphatic heterocycles. The van der Waals surface area contributed by atoms with Crippen LogP contribution in [0.15, 0.2) is 0 Å². The van der Waals surface area contributed by atoms with Crippen molar-refractivity contribution in [3.8, 4) is 0 Å². The Morgan fingerprint density at radius 1 is 1.12 bits per heavy atom. The lowest BCUT2D eigenvalue weighted by molar-refractivity contribution is -0.144. The first-order valence-corrected chi connectivity index (χ1v) is 8.05. The van der Waals surface area contributed by atoms with Gasteiger partial charge in [-0.25, -0.2) is 4.79 Å². The van der Waals surface area contributed by atoms with Crippen LogP contribution in [-0.2, 0) is 28.7 Å². The second-order valence-electron chi connectivity index (χ2n) is 4.88. The van der Waals surface area contributed by atoms with Gasteiger partial charge in [0.25, 0.3) is 0 Å². The Morgan fingerprint density at radius 2 is 1.72 bits per heavy atom. The number of carboxylic acid groups (broad SMARTS) is 3. The molecular formula is C13H20N2O9S. The van der Waals surface area contributed by atoms with Crippen LogP contribution in [0.4, 0.5) is 0 Å². The molecule has 0 aromatic rings. The van der Waals surface area contributed by atoms with Gasteiger partial charge in [-0.3, -0.25) is 19.2 Å². The normalized spacial score (nSPS) is 14.0. The summed E-state index contributed by atoms with van der Waals surface area (Å²) < 4.78 is 4.50. The van der Waals surface area contributed by atoms with E-state index in [1.807, 2.05) is 0 Å². The number of nitrogens with two attached hydrogens (primary N) is 1. The zero-order valence-corrected chi connectivity index (χ0v) is 14.2. The molecule has 3 atom stereocenters. The minimum absolute atomic E-state index is 0.154. The van der Waals surface area contributed by atoms with Crippen molar-refractivity contribution in [3.05, 3.63) is 0 Å². The number of rotatable bonds is 12. The van der Waals surface area contributed by atoms with E-state index in [2.05, 4.69) is 10.1 Å². The monoisotopic (exact) mass is 380 g/mol. The number of carboxylic acids is 3. The van der Waals surface area contributed by atoms with E-state index in [9.17, 15) is 24.0 Å². The Hall–Kier alpha value is -2.34. The van der Waals surface area contributed by atoms with E-state index in [0.717, 1.165) is 7.11 Å². The zero-order valence-electron chi connectivity index (χ0n) is 13.3. The van der Waals surface area contributed by atoms with Crippen LogP contribution in [0.5, 0.6) is 0 Å². The first kappa shape index (κ1) is 22.7. The predicted octanol–water partition coefficient (Wildman–Crippen LogP) is -1.50. The molecule has 0 aromatic heterocycles. The van der Waals surface area contributed by atoms with Crippen molar-refractivity contribution in [1.29, 1.82) is 0 Å². The molecule has 0 aliphatic rings. The second-order valence-corrected chi connectivity index (χ2v) is 6.12. The molecule has 1 unspecified atom stereocenters. The van der Waals surface area contributed by atoms with E-state index in [1.165, 1.54) is 0 Å². The van der Waals surface area contributed by atoms with Gasteiger partial charge in [0, 0.05) is 12.2 Å². The number of hydrogen-bond donors (Lipinski definition) is 5. The Balaban J connectivity index is 4.71. The highest BCUT2D eigenvalue weighted by Crippen LogP contribution is 2.17. The second kappa shape index (κ2) is 11.3. The number of carbonyl (C=O) groups excluding carboxylic acids is 2. The Morgan fingerprint density at radius 3 is 2.16 bits per heavy atom. The van der Waals surface area contributed by atoms with Crippen molar-refractivity contribution < 1.29 is 44.0 Å². The highest BCUT2D eigenvalue weighted by atomic mass is 32.2. The molecule has 0 bridgehead atoms. The number of methoxy groups -OCH3 is 1. The topological polar surface area (TPSA) is 193 Å². The maximum Gasteiger partial charge on any atom is 0.329 e. The first-order valence-electron chi connectivity index (χ1n) is 7.00. The van der Waals surface area contributed by atoms with E-state index in [4.69, 9.17) is 21.1 Å². The van der Waals surface area contributed by atoms with Gasteiger partial charge in [0.1, 0.15) is 17.3 Å². The van der Waals surface area contributed by atoms with Crippen LogP contribution in [-0.4, -0.2) is 75.3 Å². The summed E-state index contributed by atoms with van der Waals surface area (Å²) in [6, 6.07) is -2.44.